The van der Waals surface area contributed by atoms with E-state index in [2.05, 4.69) is 29.0 Å². The zero-order valence-corrected chi connectivity index (χ0v) is 17.3. The van der Waals surface area contributed by atoms with Crippen LogP contribution in [0.1, 0.15) is 32.5 Å². The minimum atomic E-state index is -0.118. The summed E-state index contributed by atoms with van der Waals surface area (Å²) in [6.07, 6.45) is 1.73. The quantitative estimate of drug-likeness (QED) is 0.548. The molecule has 0 saturated carbocycles. The van der Waals surface area contributed by atoms with E-state index < -0.39 is 0 Å². The van der Waals surface area contributed by atoms with E-state index in [1.165, 1.54) is 18.3 Å². The lowest BCUT2D eigenvalue weighted by atomic mass is 10.2. The maximum Gasteiger partial charge on any atom is 0.230 e. The molecule has 0 fully saturated rings. The van der Waals surface area contributed by atoms with Crippen LogP contribution < -0.4 is 9.64 Å². The molecular weight excluding hydrogens is 382 g/mol. The molecule has 0 aliphatic heterocycles. The summed E-state index contributed by atoms with van der Waals surface area (Å²) in [6, 6.07) is 7.72. The van der Waals surface area contributed by atoms with Crippen LogP contribution in [0.25, 0.3) is 0 Å². The maximum atomic E-state index is 12.3. The fraction of sp³-hybridized carbons (Fsp3) is 0.333. The second-order valence-electron chi connectivity index (χ2n) is 6.05. The van der Waals surface area contributed by atoms with Crippen molar-refractivity contribution < 1.29 is 9.53 Å². The van der Waals surface area contributed by atoms with E-state index in [1.807, 2.05) is 34.2 Å². The summed E-state index contributed by atoms with van der Waals surface area (Å²) >= 11 is 3.01. The zero-order valence-electron chi connectivity index (χ0n) is 15.6. The van der Waals surface area contributed by atoms with E-state index in [0.717, 1.165) is 10.9 Å². The number of anilines is 2. The molecule has 0 atom stereocenters. The lowest BCUT2D eigenvalue weighted by Gasteiger charge is -2.20. The Hall–Kier alpha value is -2.39. The highest BCUT2D eigenvalue weighted by Crippen LogP contribution is 2.36. The highest BCUT2D eigenvalue weighted by atomic mass is 32.2. The molecule has 1 aromatic carbocycles. The van der Waals surface area contributed by atoms with Crippen LogP contribution in [0.15, 0.2) is 41.1 Å². The van der Waals surface area contributed by atoms with Gasteiger partial charge in [-0.3, -0.25) is 9.69 Å². The van der Waals surface area contributed by atoms with E-state index in [-0.39, 0.29) is 5.91 Å². The third-order valence-corrected chi connectivity index (χ3v) is 5.68. The van der Waals surface area contributed by atoms with E-state index in [1.54, 1.807) is 30.1 Å². The van der Waals surface area contributed by atoms with Gasteiger partial charge in [0.2, 0.25) is 5.91 Å². The number of benzene rings is 1. The van der Waals surface area contributed by atoms with Gasteiger partial charge in [0.05, 0.1) is 18.5 Å². The van der Waals surface area contributed by atoms with Crippen molar-refractivity contribution in [1.82, 2.24) is 19.7 Å². The van der Waals surface area contributed by atoms with Crippen molar-refractivity contribution in [2.24, 2.45) is 0 Å². The number of hydrogen-bond donors (Lipinski definition) is 0. The van der Waals surface area contributed by atoms with Gasteiger partial charge < -0.3 is 9.30 Å². The third-order valence-electron chi connectivity index (χ3n) is 3.82. The standard InChI is InChI=1S/C18H21N5O2S2/c1-12(2)22-11-19-21-18(22)27-10-14-9-26-17(20-14)23(13(3)24)15-7-5-6-8-16(15)25-4/h5-9,11-12H,10H2,1-4H3. The largest absolute Gasteiger partial charge is 0.495 e. The molecule has 3 rings (SSSR count). The van der Waals surface area contributed by atoms with Crippen LogP contribution in [0.3, 0.4) is 0 Å². The number of hydrogen-bond acceptors (Lipinski definition) is 7. The van der Waals surface area contributed by atoms with Crippen molar-refractivity contribution in [3.05, 3.63) is 41.7 Å². The number of para-hydroxylation sites is 2. The number of nitrogens with zero attached hydrogens (tertiary/aromatic N) is 5. The number of amides is 1. The predicted octanol–water partition coefficient (Wildman–Crippen LogP) is 4.30. The average Bonchev–Trinajstić information content (AvgIpc) is 3.29. The molecule has 1 amide bonds. The SMILES string of the molecule is COc1ccccc1N(C(C)=O)c1nc(CSc2nncn2C(C)C)cs1. The first-order chi connectivity index (χ1) is 13.0. The normalized spacial score (nSPS) is 11.0. The van der Waals surface area contributed by atoms with Crippen molar-refractivity contribution in [3.63, 3.8) is 0 Å². The third kappa shape index (κ3) is 4.30. The smallest absolute Gasteiger partial charge is 0.230 e. The molecule has 2 heterocycles. The summed E-state index contributed by atoms with van der Waals surface area (Å²) in [5.41, 5.74) is 1.57. The summed E-state index contributed by atoms with van der Waals surface area (Å²) < 4.78 is 7.42. The molecule has 0 aliphatic carbocycles. The molecule has 0 spiro atoms. The van der Waals surface area contributed by atoms with Crippen molar-refractivity contribution in [2.45, 2.75) is 37.7 Å². The van der Waals surface area contributed by atoms with Crippen molar-refractivity contribution >= 4 is 39.8 Å². The van der Waals surface area contributed by atoms with Gasteiger partial charge in [0.25, 0.3) is 0 Å². The lowest BCUT2D eigenvalue weighted by Crippen LogP contribution is -2.23. The van der Waals surface area contributed by atoms with E-state index >= 15 is 0 Å². The molecule has 9 heteroatoms. The van der Waals surface area contributed by atoms with Gasteiger partial charge in [-0.2, -0.15) is 0 Å². The second-order valence-corrected chi connectivity index (χ2v) is 7.83. The predicted molar refractivity (Wildman–Crippen MR) is 108 cm³/mol. The molecule has 0 saturated heterocycles. The number of aromatic nitrogens is 4. The number of carbonyl (C=O) groups is 1. The van der Waals surface area contributed by atoms with Crippen LogP contribution in [-0.4, -0.2) is 32.8 Å². The number of thiazole rings is 1. The number of rotatable bonds is 7. The first kappa shape index (κ1) is 19.4. The Labute approximate surface area is 166 Å². The average molecular weight is 404 g/mol. The van der Waals surface area contributed by atoms with Crippen molar-refractivity contribution in [1.29, 1.82) is 0 Å². The van der Waals surface area contributed by atoms with E-state index in [0.29, 0.717) is 28.4 Å². The van der Waals surface area contributed by atoms with E-state index in [9.17, 15) is 4.79 Å². The van der Waals surface area contributed by atoms with Crippen molar-refractivity contribution in [2.75, 3.05) is 12.0 Å². The molecule has 27 heavy (non-hydrogen) atoms. The van der Waals surface area contributed by atoms with Gasteiger partial charge in [-0.05, 0) is 26.0 Å². The minimum absolute atomic E-state index is 0.118. The lowest BCUT2D eigenvalue weighted by molar-refractivity contribution is -0.115. The molecular formula is C18H21N5O2S2. The Bertz CT molecular complexity index is 922. The molecule has 142 valence electrons. The first-order valence-electron chi connectivity index (χ1n) is 8.41. The number of methoxy groups -OCH3 is 1. The minimum Gasteiger partial charge on any atom is -0.495 e. The highest BCUT2D eigenvalue weighted by molar-refractivity contribution is 7.98. The monoisotopic (exact) mass is 403 g/mol. The molecule has 0 bridgehead atoms. The Morgan fingerprint density at radius 1 is 1.37 bits per heavy atom. The van der Waals surface area contributed by atoms with Gasteiger partial charge in [-0.1, -0.05) is 23.9 Å². The molecule has 0 aliphatic rings. The second kappa shape index (κ2) is 8.53. The summed E-state index contributed by atoms with van der Waals surface area (Å²) in [7, 11) is 1.59. The summed E-state index contributed by atoms with van der Waals surface area (Å²) in [5.74, 6) is 1.16. The first-order valence-corrected chi connectivity index (χ1v) is 10.3. The number of thioether (sulfide) groups is 1. The summed E-state index contributed by atoms with van der Waals surface area (Å²) in [4.78, 5) is 18.5. The molecule has 0 unspecified atom stereocenters. The Balaban J connectivity index is 1.80. The fourth-order valence-corrected chi connectivity index (χ4v) is 4.44. The van der Waals surface area contributed by atoms with Gasteiger partial charge in [-0.25, -0.2) is 4.98 Å². The summed E-state index contributed by atoms with van der Waals surface area (Å²) in [5, 5.41) is 11.6. The molecule has 2 aromatic heterocycles. The van der Waals surface area contributed by atoms with Gasteiger partial charge >= 0.3 is 0 Å². The molecule has 7 nitrogen and oxygen atoms in total. The van der Waals surface area contributed by atoms with Gasteiger partial charge in [0.15, 0.2) is 10.3 Å². The van der Waals surface area contributed by atoms with Crippen LogP contribution in [0.5, 0.6) is 5.75 Å². The Morgan fingerprint density at radius 2 is 2.15 bits per heavy atom. The topological polar surface area (TPSA) is 73.1 Å². The number of carbonyl (C=O) groups excluding carboxylic acids is 1. The van der Waals surface area contributed by atoms with Gasteiger partial charge in [0.1, 0.15) is 12.1 Å². The maximum absolute atomic E-state index is 12.3. The van der Waals surface area contributed by atoms with Crippen LogP contribution in [-0.2, 0) is 10.5 Å². The fourth-order valence-electron chi connectivity index (χ4n) is 2.52. The highest BCUT2D eigenvalue weighted by Gasteiger charge is 2.21. The van der Waals surface area contributed by atoms with E-state index in [4.69, 9.17) is 4.74 Å². The molecule has 0 N–H and O–H groups in total. The zero-order chi connectivity index (χ0) is 19.4. The molecule has 3 aromatic rings. The Kier molecular flexibility index (Phi) is 6.12. The van der Waals surface area contributed by atoms with Crippen LogP contribution in [0.4, 0.5) is 10.8 Å². The Morgan fingerprint density at radius 3 is 2.85 bits per heavy atom. The van der Waals surface area contributed by atoms with Crippen LogP contribution in [0, 0.1) is 0 Å². The molecule has 0 radical (unpaired) electrons. The summed E-state index contributed by atoms with van der Waals surface area (Å²) in [6.45, 7) is 5.70. The van der Waals surface area contributed by atoms with Crippen LogP contribution >= 0.6 is 23.1 Å². The van der Waals surface area contributed by atoms with Crippen LogP contribution in [0.2, 0.25) is 0 Å². The number of ether oxygens (including phenoxy) is 1. The van der Waals surface area contributed by atoms with Gasteiger partial charge in [-0.15, -0.1) is 21.5 Å². The van der Waals surface area contributed by atoms with Gasteiger partial charge in [0, 0.05) is 24.1 Å². The van der Waals surface area contributed by atoms with Crippen molar-refractivity contribution in [3.8, 4) is 5.75 Å².